The Kier molecular flexibility index (Phi) is 8.05. The summed E-state index contributed by atoms with van der Waals surface area (Å²) >= 11 is 0. The van der Waals surface area contributed by atoms with E-state index in [4.69, 9.17) is 0 Å². The summed E-state index contributed by atoms with van der Waals surface area (Å²) in [7, 11) is 5.32. The van der Waals surface area contributed by atoms with Crippen molar-refractivity contribution >= 4 is 11.9 Å². The maximum absolute atomic E-state index is 12.1. The van der Waals surface area contributed by atoms with Gasteiger partial charge in [0.2, 0.25) is 0 Å². The van der Waals surface area contributed by atoms with Crippen LogP contribution in [-0.2, 0) is 12.8 Å². The number of carbonyl (C=O) groups is 1. The molecule has 0 aliphatic rings. The number of aliphatic imine (C=N–C) groups is 1. The molecule has 0 spiro atoms. The van der Waals surface area contributed by atoms with E-state index in [0.29, 0.717) is 0 Å². The summed E-state index contributed by atoms with van der Waals surface area (Å²) in [6, 6.07) is 14.4. The molecule has 2 aromatic rings. The highest BCUT2D eigenvalue weighted by atomic mass is 16.2. The van der Waals surface area contributed by atoms with Gasteiger partial charge in [-0.2, -0.15) is 0 Å². The molecule has 2 aromatic carbocycles. The minimum absolute atomic E-state index is 0.0266. The first-order valence-electron chi connectivity index (χ1n) is 9.72. The fraction of sp³-hybridized carbons (Fsp3) is 0.391. The maximum atomic E-state index is 12.1. The molecule has 2 rings (SSSR count). The van der Waals surface area contributed by atoms with Crippen molar-refractivity contribution in [2.45, 2.75) is 26.7 Å². The molecular formula is C23H32N4O. The van der Waals surface area contributed by atoms with E-state index in [-0.39, 0.29) is 5.91 Å². The zero-order valence-corrected chi connectivity index (χ0v) is 17.7. The molecule has 1 amide bonds. The highest BCUT2D eigenvalue weighted by Crippen LogP contribution is 2.10. The number of guanidine groups is 1. The van der Waals surface area contributed by atoms with E-state index < -0.39 is 0 Å². The predicted molar refractivity (Wildman–Crippen MR) is 117 cm³/mol. The van der Waals surface area contributed by atoms with Gasteiger partial charge in [-0.25, -0.2) is 0 Å². The molecule has 28 heavy (non-hydrogen) atoms. The lowest BCUT2D eigenvalue weighted by atomic mass is 10.0. The first-order valence-corrected chi connectivity index (χ1v) is 9.72. The van der Waals surface area contributed by atoms with Gasteiger partial charge in [-0.1, -0.05) is 35.9 Å². The Morgan fingerprint density at radius 3 is 2.36 bits per heavy atom. The smallest absolute Gasteiger partial charge is 0.253 e. The van der Waals surface area contributed by atoms with Crippen molar-refractivity contribution in [2.75, 3.05) is 34.2 Å². The van der Waals surface area contributed by atoms with Crippen molar-refractivity contribution in [1.82, 2.24) is 15.5 Å². The van der Waals surface area contributed by atoms with Crippen LogP contribution in [0.2, 0.25) is 0 Å². The van der Waals surface area contributed by atoms with Gasteiger partial charge in [0.1, 0.15) is 0 Å². The molecule has 0 aliphatic carbocycles. The minimum atomic E-state index is 0.0266. The van der Waals surface area contributed by atoms with Gasteiger partial charge in [-0.15, -0.1) is 0 Å². The van der Waals surface area contributed by atoms with Gasteiger partial charge in [0.05, 0.1) is 0 Å². The minimum Gasteiger partial charge on any atom is -0.356 e. The number of nitrogens with zero attached hydrogens (tertiary/aromatic N) is 2. The van der Waals surface area contributed by atoms with Gasteiger partial charge in [-0.3, -0.25) is 9.79 Å². The number of hydrogen-bond donors (Lipinski definition) is 2. The van der Waals surface area contributed by atoms with Crippen molar-refractivity contribution < 1.29 is 4.79 Å². The summed E-state index contributed by atoms with van der Waals surface area (Å²) in [4.78, 5) is 18.0. The van der Waals surface area contributed by atoms with Crippen molar-refractivity contribution in [3.63, 3.8) is 0 Å². The third kappa shape index (κ3) is 6.41. The molecule has 0 saturated heterocycles. The molecule has 0 bridgehead atoms. The zero-order chi connectivity index (χ0) is 20.5. The normalized spacial score (nSPS) is 11.2. The van der Waals surface area contributed by atoms with Crippen molar-refractivity contribution in [2.24, 2.45) is 4.99 Å². The number of nitrogens with one attached hydrogen (secondary N) is 2. The monoisotopic (exact) mass is 380 g/mol. The lowest BCUT2D eigenvalue weighted by Gasteiger charge is -2.14. The van der Waals surface area contributed by atoms with Gasteiger partial charge < -0.3 is 15.5 Å². The van der Waals surface area contributed by atoms with Gasteiger partial charge in [-0.05, 0) is 55.5 Å². The Bertz CT molecular complexity index is 827. The summed E-state index contributed by atoms with van der Waals surface area (Å²) in [5, 5.41) is 6.71. The summed E-state index contributed by atoms with van der Waals surface area (Å²) in [5.41, 5.74) is 5.83. The SMILES string of the molecule is CN=C(NCCc1cccc(C(=O)N(C)C)c1)NCCc1ccc(C)cc1C. The number of aryl methyl sites for hydroxylation is 2. The molecule has 0 aliphatic heterocycles. The van der Waals surface area contributed by atoms with E-state index >= 15 is 0 Å². The maximum Gasteiger partial charge on any atom is 0.253 e. The Morgan fingerprint density at radius 1 is 1.00 bits per heavy atom. The van der Waals surface area contributed by atoms with Gasteiger partial charge in [0.25, 0.3) is 5.91 Å². The number of amides is 1. The second-order valence-corrected chi connectivity index (χ2v) is 7.26. The van der Waals surface area contributed by atoms with Gasteiger partial charge in [0.15, 0.2) is 5.96 Å². The van der Waals surface area contributed by atoms with Crippen LogP contribution in [0.15, 0.2) is 47.5 Å². The number of benzene rings is 2. The van der Waals surface area contributed by atoms with Crippen LogP contribution in [0.5, 0.6) is 0 Å². The average molecular weight is 381 g/mol. The highest BCUT2D eigenvalue weighted by Gasteiger charge is 2.08. The Labute approximate surface area is 168 Å². The molecule has 2 N–H and O–H groups in total. The summed E-state index contributed by atoms with van der Waals surface area (Å²) in [6.07, 6.45) is 1.79. The fourth-order valence-corrected chi connectivity index (χ4v) is 3.11. The molecule has 150 valence electrons. The van der Waals surface area contributed by atoms with E-state index in [2.05, 4.69) is 47.7 Å². The summed E-state index contributed by atoms with van der Waals surface area (Å²) in [6.45, 7) is 5.86. The van der Waals surface area contributed by atoms with Crippen molar-refractivity contribution in [1.29, 1.82) is 0 Å². The third-order valence-electron chi connectivity index (χ3n) is 4.69. The predicted octanol–water partition coefficient (Wildman–Crippen LogP) is 2.96. The van der Waals surface area contributed by atoms with Crippen LogP contribution in [0.25, 0.3) is 0 Å². The molecule has 0 aromatic heterocycles. The lowest BCUT2D eigenvalue weighted by molar-refractivity contribution is 0.0827. The molecule has 0 radical (unpaired) electrons. The topological polar surface area (TPSA) is 56.7 Å². The standard InChI is InChI=1S/C23H32N4O/c1-17-9-10-20(18(2)15-17)12-14-26-23(24-3)25-13-11-19-7-6-8-21(16-19)22(28)27(4)5/h6-10,15-16H,11-14H2,1-5H3,(H2,24,25,26). The quantitative estimate of drug-likeness (QED) is 0.574. The van der Waals surface area contributed by atoms with Crippen molar-refractivity contribution in [3.8, 4) is 0 Å². The molecule has 5 heteroatoms. The summed E-state index contributed by atoms with van der Waals surface area (Å²) in [5.74, 6) is 0.823. The number of rotatable bonds is 7. The zero-order valence-electron chi connectivity index (χ0n) is 17.7. The Balaban J connectivity index is 1.79. The lowest BCUT2D eigenvalue weighted by Crippen LogP contribution is -2.39. The molecule has 0 unspecified atom stereocenters. The van der Waals surface area contributed by atoms with Crippen LogP contribution in [-0.4, -0.2) is 51.0 Å². The fourth-order valence-electron chi connectivity index (χ4n) is 3.11. The molecule has 0 fully saturated rings. The molecule has 5 nitrogen and oxygen atoms in total. The first kappa shape index (κ1) is 21.5. The Hall–Kier alpha value is -2.82. The largest absolute Gasteiger partial charge is 0.356 e. The van der Waals surface area contributed by atoms with Crippen LogP contribution in [0.1, 0.15) is 32.6 Å². The van der Waals surface area contributed by atoms with Crippen LogP contribution >= 0.6 is 0 Å². The van der Waals surface area contributed by atoms with Crippen LogP contribution < -0.4 is 10.6 Å². The van der Waals surface area contributed by atoms with Gasteiger partial charge in [0, 0.05) is 39.8 Å². The number of hydrogen-bond acceptors (Lipinski definition) is 2. The number of carbonyl (C=O) groups excluding carboxylic acids is 1. The van der Waals surface area contributed by atoms with E-state index in [9.17, 15) is 4.79 Å². The average Bonchev–Trinajstić information content (AvgIpc) is 2.67. The molecule has 0 saturated carbocycles. The van der Waals surface area contributed by atoms with E-state index in [1.807, 2.05) is 24.3 Å². The van der Waals surface area contributed by atoms with Crippen molar-refractivity contribution in [3.05, 3.63) is 70.3 Å². The highest BCUT2D eigenvalue weighted by molar-refractivity contribution is 5.94. The van der Waals surface area contributed by atoms with E-state index in [0.717, 1.165) is 43.0 Å². The molecule has 0 atom stereocenters. The molecule has 0 heterocycles. The first-order chi connectivity index (χ1) is 13.4. The second-order valence-electron chi connectivity index (χ2n) is 7.26. The van der Waals surface area contributed by atoms with E-state index in [1.54, 1.807) is 26.0 Å². The molecular weight excluding hydrogens is 348 g/mol. The van der Waals surface area contributed by atoms with Crippen LogP contribution in [0.3, 0.4) is 0 Å². The summed E-state index contributed by atoms with van der Waals surface area (Å²) < 4.78 is 0. The second kappa shape index (κ2) is 10.5. The van der Waals surface area contributed by atoms with Gasteiger partial charge >= 0.3 is 0 Å². The Morgan fingerprint density at radius 2 is 1.71 bits per heavy atom. The van der Waals surface area contributed by atoms with E-state index in [1.165, 1.54) is 16.7 Å². The van der Waals surface area contributed by atoms with Crippen LogP contribution in [0, 0.1) is 13.8 Å². The van der Waals surface area contributed by atoms with Crippen LogP contribution in [0.4, 0.5) is 0 Å². The third-order valence-corrected chi connectivity index (χ3v) is 4.69.